The number of carbonyl (C=O) groups is 2. The fourth-order valence-electron chi connectivity index (χ4n) is 3.80. The summed E-state index contributed by atoms with van der Waals surface area (Å²) in [5.74, 6) is -0.0692. The zero-order chi connectivity index (χ0) is 22.5. The first-order valence-electron chi connectivity index (χ1n) is 10.6. The van der Waals surface area contributed by atoms with Crippen LogP contribution in [0.1, 0.15) is 24.0 Å². The highest BCUT2D eigenvalue weighted by Gasteiger charge is 2.23. The number of carbonyl (C=O) groups excluding carboxylic acids is 2. The van der Waals surface area contributed by atoms with Crippen LogP contribution in [0.5, 0.6) is 0 Å². The molecule has 0 aliphatic carbocycles. The SMILES string of the molecule is NCc1cccc(Nc2cccc(CC(=O)Nc3ccc(N4CCCC4=O)c(Cl)c3)c2)c1. The molecule has 1 heterocycles. The minimum Gasteiger partial charge on any atom is -0.356 e. The van der Waals surface area contributed by atoms with Crippen molar-refractivity contribution in [2.24, 2.45) is 5.73 Å². The van der Waals surface area contributed by atoms with Crippen molar-refractivity contribution in [2.45, 2.75) is 25.8 Å². The van der Waals surface area contributed by atoms with Crippen LogP contribution in [0.2, 0.25) is 5.02 Å². The van der Waals surface area contributed by atoms with Crippen molar-refractivity contribution in [2.75, 3.05) is 22.1 Å². The number of halogens is 1. The lowest BCUT2D eigenvalue weighted by molar-refractivity contribution is -0.117. The summed E-state index contributed by atoms with van der Waals surface area (Å²) in [6, 6.07) is 20.9. The summed E-state index contributed by atoms with van der Waals surface area (Å²) in [6.45, 7) is 1.15. The van der Waals surface area contributed by atoms with E-state index >= 15 is 0 Å². The Hall–Kier alpha value is -3.35. The Morgan fingerprint density at radius 1 is 0.969 bits per heavy atom. The summed E-state index contributed by atoms with van der Waals surface area (Å²) in [5, 5.41) is 6.68. The number of hydrogen-bond donors (Lipinski definition) is 3. The van der Waals surface area contributed by atoms with Gasteiger partial charge in [0, 0.05) is 36.6 Å². The number of nitrogens with zero attached hydrogens (tertiary/aromatic N) is 1. The molecule has 1 saturated heterocycles. The molecule has 1 fully saturated rings. The van der Waals surface area contributed by atoms with E-state index in [1.54, 1.807) is 23.1 Å². The summed E-state index contributed by atoms with van der Waals surface area (Å²) in [6.07, 6.45) is 1.60. The van der Waals surface area contributed by atoms with E-state index in [0.717, 1.165) is 28.9 Å². The fourth-order valence-corrected chi connectivity index (χ4v) is 4.08. The molecule has 0 saturated carbocycles. The monoisotopic (exact) mass is 448 g/mol. The van der Waals surface area contributed by atoms with Gasteiger partial charge in [0.15, 0.2) is 0 Å². The average molecular weight is 449 g/mol. The third-order valence-corrected chi connectivity index (χ3v) is 5.64. The molecule has 164 valence electrons. The van der Waals surface area contributed by atoms with E-state index in [0.29, 0.717) is 35.9 Å². The Bertz CT molecular complexity index is 1150. The molecule has 0 unspecified atom stereocenters. The second kappa shape index (κ2) is 9.85. The van der Waals surface area contributed by atoms with Crippen molar-refractivity contribution in [3.8, 4) is 0 Å². The molecule has 1 aliphatic heterocycles. The van der Waals surface area contributed by atoms with Crippen LogP contribution >= 0.6 is 11.6 Å². The van der Waals surface area contributed by atoms with Crippen molar-refractivity contribution in [3.63, 3.8) is 0 Å². The average Bonchev–Trinajstić information content (AvgIpc) is 3.19. The van der Waals surface area contributed by atoms with Crippen molar-refractivity contribution in [1.82, 2.24) is 0 Å². The maximum absolute atomic E-state index is 12.6. The third-order valence-electron chi connectivity index (χ3n) is 5.34. The normalized spacial score (nSPS) is 13.3. The minimum atomic E-state index is -0.145. The summed E-state index contributed by atoms with van der Waals surface area (Å²) >= 11 is 6.38. The maximum Gasteiger partial charge on any atom is 0.228 e. The van der Waals surface area contributed by atoms with Gasteiger partial charge in [-0.15, -0.1) is 0 Å². The van der Waals surface area contributed by atoms with Gasteiger partial charge >= 0.3 is 0 Å². The van der Waals surface area contributed by atoms with Gasteiger partial charge < -0.3 is 21.3 Å². The van der Waals surface area contributed by atoms with Crippen LogP contribution in [-0.2, 0) is 22.6 Å². The van der Waals surface area contributed by atoms with Crippen molar-refractivity contribution in [1.29, 1.82) is 0 Å². The molecule has 0 radical (unpaired) electrons. The highest BCUT2D eigenvalue weighted by Crippen LogP contribution is 2.31. The van der Waals surface area contributed by atoms with Crippen LogP contribution in [0.4, 0.5) is 22.7 Å². The van der Waals surface area contributed by atoms with Crippen LogP contribution in [0.3, 0.4) is 0 Å². The number of nitrogens with two attached hydrogens (primary N) is 1. The molecule has 0 bridgehead atoms. The molecule has 3 aromatic carbocycles. The number of benzene rings is 3. The van der Waals surface area contributed by atoms with Crippen molar-refractivity contribution < 1.29 is 9.59 Å². The van der Waals surface area contributed by atoms with E-state index in [2.05, 4.69) is 10.6 Å². The Labute approximate surface area is 192 Å². The molecular weight excluding hydrogens is 424 g/mol. The predicted molar refractivity (Wildman–Crippen MR) is 129 cm³/mol. The van der Waals surface area contributed by atoms with E-state index < -0.39 is 0 Å². The number of hydrogen-bond acceptors (Lipinski definition) is 4. The lowest BCUT2D eigenvalue weighted by Gasteiger charge is -2.18. The second-order valence-corrected chi connectivity index (χ2v) is 8.18. The lowest BCUT2D eigenvalue weighted by Crippen LogP contribution is -2.24. The highest BCUT2D eigenvalue weighted by atomic mass is 35.5. The van der Waals surface area contributed by atoms with E-state index in [-0.39, 0.29) is 18.2 Å². The molecule has 6 nitrogen and oxygen atoms in total. The molecule has 0 aromatic heterocycles. The number of anilines is 4. The predicted octanol–water partition coefficient (Wildman–Crippen LogP) is 4.85. The molecule has 7 heteroatoms. The first kappa shape index (κ1) is 21.9. The van der Waals surface area contributed by atoms with Crippen LogP contribution in [0.25, 0.3) is 0 Å². The van der Waals surface area contributed by atoms with Gasteiger partial charge in [0.25, 0.3) is 0 Å². The molecule has 4 N–H and O–H groups in total. The smallest absolute Gasteiger partial charge is 0.228 e. The van der Waals surface area contributed by atoms with Gasteiger partial charge in [-0.25, -0.2) is 0 Å². The first-order chi connectivity index (χ1) is 15.5. The zero-order valence-electron chi connectivity index (χ0n) is 17.6. The molecular formula is C25H25ClN4O2. The molecule has 2 amide bonds. The van der Waals surface area contributed by atoms with E-state index in [4.69, 9.17) is 17.3 Å². The van der Waals surface area contributed by atoms with E-state index in [9.17, 15) is 9.59 Å². The van der Waals surface area contributed by atoms with Gasteiger partial charge in [0.1, 0.15) is 0 Å². The standard InChI is InChI=1S/C25H25ClN4O2/c26-22-15-21(9-10-23(22)30-11-3-8-25(30)32)29-24(31)14-17-4-1-6-19(12-17)28-20-7-2-5-18(13-20)16-27/h1-2,4-7,9-10,12-13,15,28H,3,8,11,14,16,27H2,(H,29,31). The quantitative estimate of drug-likeness (QED) is 0.482. The van der Waals surface area contributed by atoms with E-state index in [1.165, 1.54) is 0 Å². The van der Waals surface area contributed by atoms with Gasteiger partial charge in [0.2, 0.25) is 11.8 Å². The molecule has 3 aromatic rings. The van der Waals surface area contributed by atoms with Gasteiger partial charge in [0.05, 0.1) is 17.1 Å². The first-order valence-corrected chi connectivity index (χ1v) is 10.9. The number of rotatable bonds is 7. The summed E-state index contributed by atoms with van der Waals surface area (Å²) in [4.78, 5) is 26.2. The highest BCUT2D eigenvalue weighted by molar-refractivity contribution is 6.34. The van der Waals surface area contributed by atoms with Gasteiger partial charge in [-0.2, -0.15) is 0 Å². The second-order valence-electron chi connectivity index (χ2n) is 7.77. The Morgan fingerprint density at radius 3 is 2.34 bits per heavy atom. The van der Waals surface area contributed by atoms with Crippen LogP contribution in [0, 0.1) is 0 Å². The van der Waals surface area contributed by atoms with Crippen LogP contribution < -0.4 is 21.3 Å². The fraction of sp³-hybridized carbons (Fsp3) is 0.200. The van der Waals surface area contributed by atoms with Gasteiger partial charge in [-0.1, -0.05) is 35.9 Å². The van der Waals surface area contributed by atoms with Crippen molar-refractivity contribution >= 4 is 46.2 Å². The molecule has 4 rings (SSSR count). The minimum absolute atomic E-state index is 0.0759. The van der Waals surface area contributed by atoms with Gasteiger partial charge in [-0.3, -0.25) is 9.59 Å². The molecule has 1 aliphatic rings. The maximum atomic E-state index is 12.6. The van der Waals surface area contributed by atoms with E-state index in [1.807, 2.05) is 48.5 Å². The third kappa shape index (κ3) is 5.28. The Balaban J connectivity index is 1.39. The summed E-state index contributed by atoms with van der Waals surface area (Å²) in [7, 11) is 0. The number of amides is 2. The molecule has 0 atom stereocenters. The Morgan fingerprint density at radius 2 is 1.69 bits per heavy atom. The topological polar surface area (TPSA) is 87.5 Å². The van der Waals surface area contributed by atoms with Gasteiger partial charge in [-0.05, 0) is 60.0 Å². The zero-order valence-corrected chi connectivity index (χ0v) is 18.4. The number of nitrogens with one attached hydrogen (secondary N) is 2. The van der Waals surface area contributed by atoms with Crippen LogP contribution in [-0.4, -0.2) is 18.4 Å². The summed E-state index contributed by atoms with van der Waals surface area (Å²) in [5.41, 5.74) is 10.8. The largest absolute Gasteiger partial charge is 0.356 e. The summed E-state index contributed by atoms with van der Waals surface area (Å²) < 4.78 is 0. The Kier molecular flexibility index (Phi) is 6.73. The van der Waals surface area contributed by atoms with Crippen molar-refractivity contribution in [3.05, 3.63) is 82.9 Å². The lowest BCUT2D eigenvalue weighted by atomic mass is 10.1. The molecule has 0 spiro atoms. The van der Waals surface area contributed by atoms with Crippen LogP contribution in [0.15, 0.2) is 66.7 Å². The molecule has 32 heavy (non-hydrogen) atoms.